The van der Waals surface area contributed by atoms with E-state index in [1.54, 1.807) is 80.6 Å². The number of β-amino-alcohol motifs (C(OH)–C–C–N with tert-alkyl or cyclic N) is 1. The van der Waals surface area contributed by atoms with Gasteiger partial charge in [-0.05, 0) is 92.0 Å². The minimum absolute atomic E-state index is 0.0248. The van der Waals surface area contributed by atoms with Gasteiger partial charge in [0.25, 0.3) is 5.91 Å². The van der Waals surface area contributed by atoms with Gasteiger partial charge in [0.15, 0.2) is 5.11 Å². The first-order chi connectivity index (χ1) is 33.1. The van der Waals surface area contributed by atoms with Gasteiger partial charge in [-0.25, -0.2) is 4.98 Å². The second kappa shape index (κ2) is 22.8. The third-order valence-electron chi connectivity index (χ3n) is 11.6. The number of aryl methyl sites for hydroxylation is 1. The molecule has 4 aromatic rings. The molecule has 21 heteroatoms. The lowest BCUT2D eigenvalue weighted by molar-refractivity contribution is -0.144. The Morgan fingerprint density at radius 1 is 0.957 bits per heavy atom. The molecule has 0 aliphatic carbocycles. The second-order valence-corrected chi connectivity index (χ2v) is 19.4. The first-order valence-corrected chi connectivity index (χ1v) is 23.7. The van der Waals surface area contributed by atoms with Crippen molar-refractivity contribution in [3.05, 3.63) is 94.6 Å². The molecule has 16 nitrogen and oxygen atoms in total. The number of thiazole rings is 1. The zero-order valence-corrected chi connectivity index (χ0v) is 41.3. The maximum absolute atomic E-state index is 13.9. The van der Waals surface area contributed by atoms with E-state index in [1.165, 1.54) is 17.0 Å². The van der Waals surface area contributed by atoms with Crippen molar-refractivity contribution in [3.63, 3.8) is 0 Å². The van der Waals surface area contributed by atoms with Crippen molar-refractivity contribution < 1.29 is 56.4 Å². The van der Waals surface area contributed by atoms with E-state index in [1.807, 2.05) is 31.2 Å². The number of aliphatic hydroxyl groups is 1. The average Bonchev–Trinajstić information content (AvgIpc) is 3.98. The number of alkyl halides is 3. The van der Waals surface area contributed by atoms with Gasteiger partial charge in [-0.15, -0.1) is 11.3 Å². The summed E-state index contributed by atoms with van der Waals surface area (Å²) in [6.45, 7) is 11.6. The van der Waals surface area contributed by atoms with Crippen LogP contribution >= 0.6 is 23.6 Å². The lowest BCUT2D eigenvalue weighted by Gasteiger charge is -2.35. The zero-order valence-electron chi connectivity index (χ0n) is 39.6. The normalized spacial score (nSPS) is 17.4. The van der Waals surface area contributed by atoms with E-state index in [0.717, 1.165) is 38.7 Å². The summed E-state index contributed by atoms with van der Waals surface area (Å²) in [5, 5.41) is 25.4. The van der Waals surface area contributed by atoms with Crippen LogP contribution in [-0.4, -0.2) is 120 Å². The van der Waals surface area contributed by atoms with E-state index in [9.17, 15) is 42.7 Å². The van der Waals surface area contributed by atoms with Crippen LogP contribution in [0.15, 0.2) is 72.2 Å². The Morgan fingerprint density at radius 2 is 1.59 bits per heavy atom. The van der Waals surface area contributed by atoms with Gasteiger partial charge in [0.1, 0.15) is 36.6 Å². The molecule has 1 unspecified atom stereocenters. The molecule has 0 spiro atoms. The summed E-state index contributed by atoms with van der Waals surface area (Å²) in [7, 11) is 0. The van der Waals surface area contributed by atoms with Gasteiger partial charge in [-0.1, -0.05) is 45.0 Å². The monoisotopic (exact) mass is 1010 g/mol. The SMILES string of the molecule is Cc1ncsc1-c1ccc(CNC(=O)[C@@H]2C[C@@H](O)CN2C(=O)C(NC(=O)COCCOCCOCCOc2ccc(N3C(=S)N(c4ccc(C#N)c(C(F)(F)F)c4)C(=O)C3(C)C)cc2)C(C)(C)C)cc1. The van der Waals surface area contributed by atoms with Crippen LogP contribution in [0.2, 0.25) is 0 Å². The minimum Gasteiger partial charge on any atom is -0.491 e. The number of halogens is 3. The Kier molecular flexibility index (Phi) is 17.4. The number of carbonyl (C=O) groups is 4. The van der Waals surface area contributed by atoms with Crippen LogP contribution in [0.5, 0.6) is 5.75 Å². The van der Waals surface area contributed by atoms with E-state index in [-0.39, 0.29) is 76.6 Å². The number of nitriles is 1. The molecular weight excluding hydrogens is 952 g/mol. The van der Waals surface area contributed by atoms with Crippen LogP contribution in [0.4, 0.5) is 24.5 Å². The van der Waals surface area contributed by atoms with E-state index in [4.69, 9.17) is 31.2 Å². The number of nitrogens with one attached hydrogen (secondary N) is 2. The number of aromatic nitrogens is 1. The van der Waals surface area contributed by atoms with Crippen molar-refractivity contribution in [1.82, 2.24) is 20.5 Å². The van der Waals surface area contributed by atoms with Crippen LogP contribution in [0, 0.1) is 23.7 Å². The van der Waals surface area contributed by atoms with E-state index in [2.05, 4.69) is 15.6 Å². The number of likely N-dealkylation sites (tertiary alicyclic amines) is 1. The quantitative estimate of drug-likeness (QED) is 0.0673. The first-order valence-electron chi connectivity index (χ1n) is 22.4. The summed E-state index contributed by atoms with van der Waals surface area (Å²) in [6, 6.07) is 17.1. The van der Waals surface area contributed by atoms with Crippen molar-refractivity contribution >= 4 is 63.7 Å². The highest BCUT2D eigenvalue weighted by Gasteiger charge is 2.51. The molecule has 0 radical (unpaired) electrons. The van der Waals surface area contributed by atoms with Gasteiger partial charge < -0.3 is 44.5 Å². The first kappa shape index (κ1) is 53.3. The Morgan fingerprint density at radius 3 is 2.19 bits per heavy atom. The number of rotatable bonds is 20. The molecule has 0 saturated carbocycles. The number of hydrogen-bond donors (Lipinski definition) is 3. The van der Waals surface area contributed by atoms with Crippen molar-refractivity contribution in [2.75, 3.05) is 62.6 Å². The molecule has 2 aliphatic rings. The third kappa shape index (κ3) is 12.8. The van der Waals surface area contributed by atoms with Gasteiger partial charge >= 0.3 is 6.18 Å². The molecule has 3 atom stereocenters. The number of carbonyl (C=O) groups excluding carboxylic acids is 4. The molecule has 2 saturated heterocycles. The predicted molar refractivity (Wildman–Crippen MR) is 259 cm³/mol. The fourth-order valence-corrected chi connectivity index (χ4v) is 9.29. The van der Waals surface area contributed by atoms with Crippen LogP contribution in [0.25, 0.3) is 10.4 Å². The van der Waals surface area contributed by atoms with Gasteiger partial charge in [0.05, 0.1) is 78.1 Å². The summed E-state index contributed by atoms with van der Waals surface area (Å²) in [5.74, 6) is -1.45. The van der Waals surface area contributed by atoms with Crippen molar-refractivity contribution in [3.8, 4) is 22.3 Å². The van der Waals surface area contributed by atoms with Gasteiger partial charge in [-0.2, -0.15) is 18.4 Å². The standard InChI is InChI=1S/C49H56F3N7O9S2/c1-30-41(70-29-55-30)32-9-7-31(8-10-32)26-54-43(62)39-24-36(60)27-57(39)44(63)42(47(2,3)4)56-40(61)28-67-20-19-65-17-18-66-21-22-68-37-15-13-34(14-16-37)59-46(69)58(45(64)48(59,5)6)35-12-11-33(25-53)38(23-35)49(50,51)52/h7-16,23,29,36,39,42,60H,17-22,24,26-28H2,1-6H3,(H,54,62)(H,56,61)/t36-,39+,42?/m1/s1. The topological polar surface area (TPSA) is 196 Å². The van der Waals surface area contributed by atoms with Crippen molar-refractivity contribution in [2.45, 2.75) is 84.4 Å². The number of anilines is 2. The molecule has 70 heavy (non-hydrogen) atoms. The molecule has 1 aromatic heterocycles. The fraction of sp³-hybridized carbons (Fsp3) is 0.449. The highest BCUT2D eigenvalue weighted by molar-refractivity contribution is 7.81. The maximum atomic E-state index is 13.9. The zero-order chi connectivity index (χ0) is 51.0. The highest BCUT2D eigenvalue weighted by Crippen LogP contribution is 2.40. The second-order valence-electron chi connectivity index (χ2n) is 18.2. The van der Waals surface area contributed by atoms with Gasteiger partial charge in [0.2, 0.25) is 17.7 Å². The predicted octanol–water partition coefficient (Wildman–Crippen LogP) is 6.16. The van der Waals surface area contributed by atoms with Crippen molar-refractivity contribution in [1.29, 1.82) is 5.26 Å². The van der Waals surface area contributed by atoms with Crippen LogP contribution < -0.4 is 25.2 Å². The third-order valence-corrected chi connectivity index (χ3v) is 13.0. The number of aliphatic hydroxyl groups excluding tert-OH is 1. The summed E-state index contributed by atoms with van der Waals surface area (Å²) < 4.78 is 63.5. The van der Waals surface area contributed by atoms with E-state index < -0.39 is 70.1 Å². The number of hydrogen-bond acceptors (Lipinski definition) is 13. The molecule has 3 heterocycles. The molecular formula is C49H56F3N7O9S2. The van der Waals surface area contributed by atoms with E-state index in [0.29, 0.717) is 11.4 Å². The Bertz CT molecular complexity index is 2560. The number of benzene rings is 3. The molecule has 3 N–H and O–H groups in total. The van der Waals surface area contributed by atoms with Crippen LogP contribution in [0.3, 0.4) is 0 Å². The van der Waals surface area contributed by atoms with Crippen molar-refractivity contribution in [2.24, 2.45) is 5.41 Å². The van der Waals surface area contributed by atoms with E-state index >= 15 is 0 Å². The Labute approximate surface area is 413 Å². The minimum atomic E-state index is -4.81. The fourth-order valence-electron chi connectivity index (χ4n) is 7.96. The Balaban J connectivity index is 0.867. The summed E-state index contributed by atoms with van der Waals surface area (Å²) in [4.78, 5) is 63.1. The number of nitrogens with zero attached hydrogens (tertiary/aromatic N) is 5. The molecule has 6 rings (SSSR count). The summed E-state index contributed by atoms with van der Waals surface area (Å²) >= 11 is 7.16. The smallest absolute Gasteiger partial charge is 0.417 e. The molecule has 0 bridgehead atoms. The summed E-state index contributed by atoms with van der Waals surface area (Å²) in [6.07, 6.45) is -5.64. The lowest BCUT2D eigenvalue weighted by atomic mass is 9.85. The molecule has 3 aromatic carbocycles. The molecule has 2 fully saturated rings. The largest absolute Gasteiger partial charge is 0.491 e. The number of ether oxygens (including phenoxy) is 4. The number of thiocarbonyl (C=S) groups is 1. The van der Waals surface area contributed by atoms with Gasteiger partial charge in [0, 0.05) is 25.2 Å². The molecule has 374 valence electrons. The maximum Gasteiger partial charge on any atom is 0.417 e. The number of amides is 4. The highest BCUT2D eigenvalue weighted by atomic mass is 32.1. The van der Waals surface area contributed by atoms with Gasteiger partial charge in [-0.3, -0.25) is 24.1 Å². The van der Waals surface area contributed by atoms with Crippen LogP contribution in [-0.2, 0) is 46.1 Å². The average molecular weight is 1010 g/mol. The Hall–Kier alpha value is -6.02. The molecule has 4 amide bonds. The molecule has 2 aliphatic heterocycles. The summed E-state index contributed by atoms with van der Waals surface area (Å²) in [5.41, 5.74) is 1.34. The van der Waals surface area contributed by atoms with Crippen LogP contribution in [0.1, 0.15) is 63.4 Å². The lowest BCUT2D eigenvalue weighted by Crippen LogP contribution is -2.58.